The largest absolute Gasteiger partial charge is 0.366 e. The number of imidazole rings is 1. The summed E-state index contributed by atoms with van der Waals surface area (Å²) in [6, 6.07) is 10.00. The number of aromatic amines is 1. The Kier molecular flexibility index (Phi) is 6.77. The van der Waals surface area contributed by atoms with Gasteiger partial charge in [-0.1, -0.05) is 12.1 Å². The second-order valence-corrected chi connectivity index (χ2v) is 12.0. The van der Waals surface area contributed by atoms with E-state index in [0.717, 1.165) is 24.8 Å². The molecule has 0 spiro atoms. The molecule has 5 rings (SSSR count). The first kappa shape index (κ1) is 27.2. The number of nitrogens with one attached hydrogen (secondary N) is 2. The van der Waals surface area contributed by atoms with Gasteiger partial charge in [0, 0.05) is 18.6 Å². The molecular weight excluding hydrogens is 499 g/mol. The number of carbonyl (C=O) groups is 2. The zero-order chi connectivity index (χ0) is 28.3. The molecule has 1 aromatic heterocycles. The third-order valence-corrected chi connectivity index (χ3v) is 8.58. The van der Waals surface area contributed by atoms with Crippen molar-refractivity contribution < 1.29 is 19.2 Å². The Bertz CT molecular complexity index is 1430. The normalized spacial score (nSPS) is 24.6. The molecule has 5 N–H and O–H groups in total. The minimum Gasteiger partial charge on any atom is -0.366 e. The minimum atomic E-state index is -0.684. The molecule has 10 heteroatoms. The van der Waals surface area contributed by atoms with Crippen molar-refractivity contribution in [1.82, 2.24) is 25.2 Å². The number of fused-ring (bicyclic) bond motifs is 1. The fourth-order valence-electron chi connectivity index (χ4n) is 6.33. The highest BCUT2D eigenvalue weighted by atomic mass is 19.1. The molecular formula is C29H37FN6O3. The molecule has 2 aromatic carbocycles. The van der Waals surface area contributed by atoms with Crippen LogP contribution in [-0.2, 0) is 4.79 Å². The fourth-order valence-corrected chi connectivity index (χ4v) is 6.33. The van der Waals surface area contributed by atoms with Gasteiger partial charge in [-0.2, -0.15) is 5.06 Å². The Morgan fingerprint density at radius 1 is 1.18 bits per heavy atom. The predicted octanol–water partition coefficient (Wildman–Crippen LogP) is 4.34. The summed E-state index contributed by atoms with van der Waals surface area (Å²) in [5.41, 5.74) is 6.67. The molecule has 9 nitrogen and oxygen atoms in total. The van der Waals surface area contributed by atoms with Crippen molar-refractivity contribution in [3.63, 3.8) is 0 Å². The molecule has 208 valence electrons. The van der Waals surface area contributed by atoms with Crippen molar-refractivity contribution in [2.24, 2.45) is 11.7 Å². The lowest BCUT2D eigenvalue weighted by atomic mass is 9.85. The Balaban J connectivity index is 1.34. The van der Waals surface area contributed by atoms with Gasteiger partial charge in [0.25, 0.3) is 5.91 Å². The van der Waals surface area contributed by atoms with Crippen molar-refractivity contribution in [3.8, 4) is 11.4 Å². The number of hydrogen-bond donors (Lipinski definition) is 4. The fraction of sp³-hybridized carbons (Fsp3) is 0.483. The smallest absolute Gasteiger partial charge is 0.250 e. The highest BCUT2D eigenvalue weighted by molar-refractivity contribution is 6.04. The number of rotatable bonds is 5. The second kappa shape index (κ2) is 9.69. The van der Waals surface area contributed by atoms with Gasteiger partial charge in [0.05, 0.1) is 34.3 Å². The first-order valence-electron chi connectivity index (χ1n) is 13.4. The molecule has 2 aliphatic rings. The average molecular weight is 537 g/mol. The lowest BCUT2D eigenvalue weighted by molar-refractivity contribution is -0.198. The van der Waals surface area contributed by atoms with Gasteiger partial charge in [0.1, 0.15) is 17.2 Å². The van der Waals surface area contributed by atoms with Crippen LogP contribution in [0.5, 0.6) is 0 Å². The number of H-pyrrole nitrogens is 1. The summed E-state index contributed by atoms with van der Waals surface area (Å²) in [6.07, 6.45) is 2.85. The van der Waals surface area contributed by atoms with Gasteiger partial charge in [-0.05, 0) is 83.2 Å². The van der Waals surface area contributed by atoms with Gasteiger partial charge in [-0.3, -0.25) is 14.9 Å². The zero-order valence-corrected chi connectivity index (χ0v) is 23.1. The lowest BCUT2D eigenvalue weighted by Gasteiger charge is -2.40. The van der Waals surface area contributed by atoms with E-state index in [1.54, 1.807) is 36.2 Å². The van der Waals surface area contributed by atoms with Gasteiger partial charge in [-0.25, -0.2) is 9.37 Å². The number of nitrogens with two attached hydrogens (primary N) is 1. The van der Waals surface area contributed by atoms with E-state index in [-0.39, 0.29) is 29.6 Å². The molecule has 0 saturated carbocycles. The molecule has 0 radical (unpaired) electrons. The maximum atomic E-state index is 15.4. The molecule has 0 aliphatic carbocycles. The predicted molar refractivity (Wildman–Crippen MR) is 146 cm³/mol. The maximum absolute atomic E-state index is 15.4. The third kappa shape index (κ3) is 4.70. The van der Waals surface area contributed by atoms with E-state index in [0.29, 0.717) is 28.8 Å². The lowest BCUT2D eigenvalue weighted by Crippen LogP contribution is -2.55. The highest BCUT2D eigenvalue weighted by Crippen LogP contribution is 2.44. The summed E-state index contributed by atoms with van der Waals surface area (Å²) in [4.78, 5) is 34.6. The highest BCUT2D eigenvalue weighted by Gasteiger charge is 2.55. The van der Waals surface area contributed by atoms with Crippen LogP contribution in [0.4, 0.5) is 4.39 Å². The number of halogens is 1. The van der Waals surface area contributed by atoms with Gasteiger partial charge >= 0.3 is 0 Å². The number of amides is 2. The maximum Gasteiger partial charge on any atom is 0.250 e. The molecule has 0 bridgehead atoms. The number of hydroxylamine groups is 2. The van der Waals surface area contributed by atoms with Crippen LogP contribution >= 0.6 is 0 Å². The summed E-state index contributed by atoms with van der Waals surface area (Å²) in [7, 11) is 1.80. The number of benzene rings is 2. The first-order chi connectivity index (χ1) is 18.3. The van der Waals surface area contributed by atoms with Gasteiger partial charge in [-0.15, -0.1) is 0 Å². The van der Waals surface area contributed by atoms with Crippen LogP contribution in [0.15, 0.2) is 36.4 Å². The molecule has 3 aromatic rings. The molecule has 2 fully saturated rings. The van der Waals surface area contributed by atoms with Crippen LogP contribution in [0, 0.1) is 11.7 Å². The van der Waals surface area contributed by atoms with E-state index in [2.05, 4.69) is 15.3 Å². The SMILES string of the molecule is CN(C(=O)C1CC(C)(C)N(O)C1(C)C)C1CCCC(c2ccc(-c3nc4c(C(N)=O)cccc4[nH]3)c(F)c2)N1. The van der Waals surface area contributed by atoms with Crippen molar-refractivity contribution in [2.75, 3.05) is 7.05 Å². The first-order valence-corrected chi connectivity index (χ1v) is 13.4. The molecule has 3 atom stereocenters. The summed E-state index contributed by atoms with van der Waals surface area (Å²) >= 11 is 0. The summed E-state index contributed by atoms with van der Waals surface area (Å²) in [5, 5.41) is 15.5. The van der Waals surface area contributed by atoms with Gasteiger partial charge in [0.15, 0.2) is 0 Å². The average Bonchev–Trinajstić information content (AvgIpc) is 3.40. The standard InChI is InChI=1S/C29H37FN6O3/c1-28(2)15-19(29(3,4)36(28)39)27(38)35(5)23-11-7-9-21(32-23)16-12-13-17(20(30)14-16)26-33-22-10-6-8-18(25(31)37)24(22)34-26/h6,8,10,12-14,19,21,23,32,39H,7,9,11,15H2,1-5H3,(H2,31,37)(H,33,34). The van der Waals surface area contributed by atoms with Crippen LogP contribution in [0.3, 0.4) is 0 Å². The summed E-state index contributed by atoms with van der Waals surface area (Å²) in [5.74, 6) is -1.06. The second-order valence-electron chi connectivity index (χ2n) is 12.0. The van der Waals surface area contributed by atoms with Gasteiger partial charge in [0.2, 0.25) is 5.91 Å². The topological polar surface area (TPSA) is 128 Å². The molecule has 2 saturated heterocycles. The Morgan fingerprint density at radius 2 is 1.92 bits per heavy atom. The third-order valence-electron chi connectivity index (χ3n) is 8.58. The van der Waals surface area contributed by atoms with Crippen LogP contribution in [-0.4, -0.2) is 61.2 Å². The van der Waals surface area contributed by atoms with E-state index >= 15 is 4.39 Å². The number of aromatic nitrogens is 2. The van der Waals surface area contributed by atoms with E-state index in [9.17, 15) is 14.8 Å². The van der Waals surface area contributed by atoms with Crippen molar-refractivity contribution in [1.29, 1.82) is 0 Å². The van der Waals surface area contributed by atoms with E-state index in [4.69, 9.17) is 5.73 Å². The Morgan fingerprint density at radius 3 is 2.56 bits per heavy atom. The van der Waals surface area contributed by atoms with Crippen molar-refractivity contribution in [2.45, 2.75) is 76.7 Å². The summed E-state index contributed by atoms with van der Waals surface area (Å²) < 4.78 is 15.4. The monoisotopic (exact) mass is 536 g/mol. The number of para-hydroxylation sites is 1. The quantitative estimate of drug-likeness (QED) is 0.384. The number of primary amides is 1. The van der Waals surface area contributed by atoms with Crippen molar-refractivity contribution in [3.05, 3.63) is 53.3 Å². The van der Waals surface area contributed by atoms with E-state index in [1.807, 2.05) is 33.8 Å². The van der Waals surface area contributed by atoms with E-state index in [1.165, 1.54) is 11.1 Å². The van der Waals surface area contributed by atoms with Crippen LogP contribution < -0.4 is 11.1 Å². The van der Waals surface area contributed by atoms with Crippen LogP contribution in [0.2, 0.25) is 0 Å². The molecule has 2 amide bonds. The number of hydrogen-bond acceptors (Lipinski definition) is 6. The Labute approximate surface area is 227 Å². The molecule has 39 heavy (non-hydrogen) atoms. The number of nitrogens with zero attached hydrogens (tertiary/aromatic N) is 3. The summed E-state index contributed by atoms with van der Waals surface area (Å²) in [6.45, 7) is 7.68. The van der Waals surface area contributed by atoms with Crippen LogP contribution in [0.25, 0.3) is 22.4 Å². The zero-order valence-electron chi connectivity index (χ0n) is 23.1. The van der Waals surface area contributed by atoms with E-state index < -0.39 is 22.8 Å². The van der Waals surface area contributed by atoms with Crippen molar-refractivity contribution >= 4 is 22.8 Å². The number of carbonyl (C=O) groups excluding carboxylic acids is 2. The van der Waals surface area contributed by atoms with Gasteiger partial charge < -0.3 is 20.8 Å². The molecule has 3 heterocycles. The molecule has 3 unspecified atom stereocenters. The van der Waals surface area contributed by atoms with Crippen LogP contribution in [0.1, 0.15) is 75.3 Å². The molecule has 2 aliphatic heterocycles. The number of piperidine rings is 1. The Hall–Kier alpha value is -3.34. The minimum absolute atomic E-state index is 0.00970.